The number of cyclic esters (lactones) is 1. The molecule has 1 amide bonds. The number of alkyl halides is 2. The molecular formula is C10H8ClF3N2O4. The second kappa shape index (κ2) is 5.53. The Labute approximate surface area is 116 Å². The summed E-state index contributed by atoms with van der Waals surface area (Å²) in [5, 5.41) is 12.3. The van der Waals surface area contributed by atoms with Crippen LogP contribution in [0.25, 0.3) is 0 Å². The van der Waals surface area contributed by atoms with Gasteiger partial charge in [-0.15, -0.1) is 12.4 Å². The van der Waals surface area contributed by atoms with Gasteiger partial charge >= 0.3 is 12.0 Å². The van der Waals surface area contributed by atoms with Crippen molar-refractivity contribution in [2.45, 2.75) is 12.0 Å². The molecule has 0 unspecified atom stereocenters. The van der Waals surface area contributed by atoms with E-state index in [1.165, 1.54) is 0 Å². The second-order valence-corrected chi connectivity index (χ2v) is 3.88. The van der Waals surface area contributed by atoms with Gasteiger partial charge in [-0.25, -0.2) is 18.0 Å². The highest BCUT2D eigenvalue weighted by atomic mass is 35.5. The molecule has 0 saturated carbocycles. The van der Waals surface area contributed by atoms with Crippen LogP contribution in [0.2, 0.25) is 0 Å². The fourth-order valence-corrected chi connectivity index (χ4v) is 1.68. The third kappa shape index (κ3) is 2.93. The molecule has 1 aliphatic heterocycles. The van der Waals surface area contributed by atoms with Crippen LogP contribution < -0.4 is 5.32 Å². The quantitative estimate of drug-likeness (QED) is 0.672. The average Bonchev–Trinajstić information content (AvgIpc) is 2.33. The fourth-order valence-electron chi connectivity index (χ4n) is 1.68. The van der Waals surface area contributed by atoms with Crippen molar-refractivity contribution in [3.05, 3.63) is 39.7 Å². The molecule has 0 bridgehead atoms. The molecule has 6 nitrogen and oxygen atoms in total. The number of hydrogen-bond donors (Lipinski definition) is 1. The largest absolute Gasteiger partial charge is 0.443 e. The standard InChI is InChI=1S/C10H7F3N2O4.ClH/c11-7-2-1-5(15(17)18)3-6(7)8-10(12,13)4-19-9(16)14-8;/h1-3,8H,4H2,(H,14,16);1H/t8-;/m0./s1. The summed E-state index contributed by atoms with van der Waals surface area (Å²) in [6, 6.07) is 0.205. The molecule has 1 aliphatic rings. The third-order valence-corrected chi connectivity index (χ3v) is 2.58. The predicted molar refractivity (Wildman–Crippen MR) is 62.5 cm³/mol. The van der Waals surface area contributed by atoms with E-state index in [0.717, 1.165) is 6.07 Å². The van der Waals surface area contributed by atoms with Crippen molar-refractivity contribution in [3.8, 4) is 0 Å². The summed E-state index contributed by atoms with van der Waals surface area (Å²) in [6.07, 6.45) is -1.14. The van der Waals surface area contributed by atoms with Crippen LogP contribution in [-0.4, -0.2) is 23.5 Å². The molecule has 0 radical (unpaired) electrons. The maximum Gasteiger partial charge on any atom is 0.408 e. The molecule has 20 heavy (non-hydrogen) atoms. The maximum atomic E-state index is 13.6. The van der Waals surface area contributed by atoms with Crippen LogP contribution in [-0.2, 0) is 4.74 Å². The van der Waals surface area contributed by atoms with Crippen LogP contribution in [0.5, 0.6) is 0 Å². The zero-order chi connectivity index (χ0) is 14.2. The minimum Gasteiger partial charge on any atom is -0.443 e. The number of nitrogens with one attached hydrogen (secondary N) is 1. The highest BCUT2D eigenvalue weighted by Gasteiger charge is 2.48. The first kappa shape index (κ1) is 16.0. The van der Waals surface area contributed by atoms with Gasteiger partial charge in [0.05, 0.1) is 4.92 Å². The van der Waals surface area contributed by atoms with Crippen LogP contribution in [0, 0.1) is 15.9 Å². The molecular weight excluding hydrogens is 305 g/mol. The van der Waals surface area contributed by atoms with Crippen LogP contribution in [0.15, 0.2) is 18.2 Å². The molecule has 1 N–H and O–H groups in total. The number of alkyl carbamates (subject to hydrolysis) is 1. The predicted octanol–water partition coefficient (Wildman–Crippen LogP) is 2.57. The minimum absolute atomic E-state index is 0. The molecule has 10 heteroatoms. The Hall–Kier alpha value is -2.03. The van der Waals surface area contributed by atoms with Gasteiger partial charge < -0.3 is 10.1 Å². The Kier molecular flexibility index (Phi) is 4.43. The lowest BCUT2D eigenvalue weighted by atomic mass is 9.99. The van der Waals surface area contributed by atoms with Gasteiger partial charge in [-0.2, -0.15) is 0 Å². The molecule has 1 fully saturated rings. The number of nitro benzene ring substituents is 1. The first-order valence-electron chi connectivity index (χ1n) is 5.06. The number of non-ortho nitro benzene ring substituents is 1. The molecule has 0 aromatic heterocycles. The van der Waals surface area contributed by atoms with E-state index < -0.39 is 46.7 Å². The highest BCUT2D eigenvalue weighted by Crippen LogP contribution is 2.36. The molecule has 0 aliphatic carbocycles. The third-order valence-electron chi connectivity index (χ3n) is 2.58. The summed E-state index contributed by atoms with van der Waals surface area (Å²) in [7, 11) is 0. The molecule has 1 aromatic carbocycles. The van der Waals surface area contributed by atoms with E-state index in [2.05, 4.69) is 4.74 Å². The molecule has 1 saturated heterocycles. The van der Waals surface area contributed by atoms with Crippen molar-refractivity contribution in [2.75, 3.05) is 6.61 Å². The number of carbonyl (C=O) groups is 1. The lowest BCUT2D eigenvalue weighted by Crippen LogP contribution is -2.49. The van der Waals surface area contributed by atoms with E-state index in [4.69, 9.17) is 0 Å². The summed E-state index contributed by atoms with van der Waals surface area (Å²) in [6.45, 7) is -1.22. The van der Waals surface area contributed by atoms with E-state index in [1.807, 2.05) is 0 Å². The van der Waals surface area contributed by atoms with Gasteiger partial charge in [-0.3, -0.25) is 10.1 Å². The number of nitrogens with zero attached hydrogens (tertiary/aromatic N) is 1. The molecule has 1 aromatic rings. The van der Waals surface area contributed by atoms with E-state index >= 15 is 0 Å². The Morgan fingerprint density at radius 3 is 2.70 bits per heavy atom. The zero-order valence-electron chi connectivity index (χ0n) is 9.64. The lowest BCUT2D eigenvalue weighted by molar-refractivity contribution is -0.385. The molecule has 1 heterocycles. The van der Waals surface area contributed by atoms with Crippen LogP contribution in [0.3, 0.4) is 0 Å². The summed E-state index contributed by atoms with van der Waals surface area (Å²) in [5.41, 5.74) is -1.20. The number of amides is 1. The number of hydrogen-bond acceptors (Lipinski definition) is 4. The van der Waals surface area contributed by atoms with Crippen LogP contribution >= 0.6 is 12.4 Å². The number of nitro groups is 1. The Bertz CT molecular complexity index is 555. The van der Waals surface area contributed by atoms with Gasteiger partial charge in [0.15, 0.2) is 6.61 Å². The van der Waals surface area contributed by atoms with Crippen molar-refractivity contribution in [1.29, 1.82) is 0 Å². The van der Waals surface area contributed by atoms with Gasteiger partial charge in [-0.05, 0) is 6.07 Å². The average molecular weight is 313 g/mol. The highest BCUT2D eigenvalue weighted by molar-refractivity contribution is 5.85. The maximum absolute atomic E-state index is 13.6. The summed E-state index contributed by atoms with van der Waals surface area (Å²) >= 11 is 0. The Balaban J connectivity index is 0.00000200. The molecule has 1 atom stereocenters. The normalized spacial score (nSPS) is 20.4. The SMILES string of the molecule is Cl.O=C1N[C@@H](c2cc([N+](=O)[O-])ccc2F)C(F)(F)CO1. The summed E-state index contributed by atoms with van der Waals surface area (Å²) < 4.78 is 44.8. The zero-order valence-corrected chi connectivity index (χ0v) is 10.5. The Morgan fingerprint density at radius 2 is 2.10 bits per heavy atom. The van der Waals surface area contributed by atoms with E-state index in [9.17, 15) is 28.1 Å². The number of benzene rings is 1. The summed E-state index contributed by atoms with van der Waals surface area (Å²) in [5.74, 6) is -4.64. The van der Waals surface area contributed by atoms with E-state index in [0.29, 0.717) is 12.1 Å². The first-order valence-corrected chi connectivity index (χ1v) is 5.06. The number of carbonyl (C=O) groups excluding carboxylic acids is 1. The van der Waals surface area contributed by atoms with Gasteiger partial charge in [0.25, 0.3) is 5.69 Å². The first-order chi connectivity index (χ1) is 8.81. The second-order valence-electron chi connectivity index (χ2n) is 3.88. The van der Waals surface area contributed by atoms with Crippen molar-refractivity contribution in [3.63, 3.8) is 0 Å². The van der Waals surface area contributed by atoms with Crippen molar-refractivity contribution >= 4 is 24.2 Å². The van der Waals surface area contributed by atoms with Gasteiger partial charge in [-0.1, -0.05) is 0 Å². The Morgan fingerprint density at radius 1 is 1.45 bits per heavy atom. The number of ether oxygens (including phenoxy) is 1. The van der Waals surface area contributed by atoms with Crippen LogP contribution in [0.4, 0.5) is 23.7 Å². The molecule has 0 spiro atoms. The minimum atomic E-state index is -3.57. The van der Waals surface area contributed by atoms with E-state index in [-0.39, 0.29) is 12.4 Å². The molecule has 2 rings (SSSR count). The fraction of sp³-hybridized carbons (Fsp3) is 0.300. The van der Waals surface area contributed by atoms with Crippen molar-refractivity contribution in [1.82, 2.24) is 5.32 Å². The van der Waals surface area contributed by atoms with Crippen LogP contribution in [0.1, 0.15) is 11.6 Å². The number of halogens is 4. The number of rotatable bonds is 2. The van der Waals surface area contributed by atoms with Gasteiger partial charge in [0.1, 0.15) is 11.9 Å². The van der Waals surface area contributed by atoms with Gasteiger partial charge in [0, 0.05) is 17.7 Å². The molecule has 110 valence electrons. The topological polar surface area (TPSA) is 81.5 Å². The summed E-state index contributed by atoms with van der Waals surface area (Å²) in [4.78, 5) is 20.7. The van der Waals surface area contributed by atoms with Crippen molar-refractivity contribution in [2.24, 2.45) is 0 Å². The lowest BCUT2D eigenvalue weighted by Gasteiger charge is -2.31. The monoisotopic (exact) mass is 312 g/mol. The van der Waals surface area contributed by atoms with E-state index in [1.54, 1.807) is 5.32 Å². The smallest absolute Gasteiger partial charge is 0.408 e. The van der Waals surface area contributed by atoms with Gasteiger partial charge in [0.2, 0.25) is 0 Å². The van der Waals surface area contributed by atoms with Crippen molar-refractivity contribution < 1.29 is 27.6 Å².